The van der Waals surface area contributed by atoms with Gasteiger partial charge >= 0.3 is 0 Å². The van der Waals surface area contributed by atoms with E-state index in [2.05, 4.69) is 4.98 Å². The van der Waals surface area contributed by atoms with Crippen LogP contribution in [0.1, 0.15) is 29.8 Å². The lowest BCUT2D eigenvalue weighted by atomic mass is 9.92. The summed E-state index contributed by atoms with van der Waals surface area (Å²) in [5.74, 6) is -0.0114. The minimum absolute atomic E-state index is 0.0114. The Morgan fingerprint density at radius 3 is 2.86 bits per heavy atom. The number of hydrogen-bond donors (Lipinski definition) is 1. The van der Waals surface area contributed by atoms with Crippen molar-refractivity contribution in [1.82, 2.24) is 9.88 Å². The van der Waals surface area contributed by atoms with Crippen molar-refractivity contribution in [2.24, 2.45) is 0 Å². The van der Waals surface area contributed by atoms with E-state index in [0.29, 0.717) is 16.9 Å². The molecule has 1 aliphatic carbocycles. The summed E-state index contributed by atoms with van der Waals surface area (Å²) in [4.78, 5) is 17.6. The molecule has 2 rings (SSSR count). The number of amides is 1. The summed E-state index contributed by atoms with van der Waals surface area (Å²) in [6, 6.07) is 0.408. The van der Waals surface area contributed by atoms with E-state index >= 15 is 0 Å². The van der Waals surface area contributed by atoms with Crippen LogP contribution in [0.4, 0.5) is 5.13 Å². The number of carbonyl (C=O) groups is 1. The standard InChI is InChI=1S/C9H13N3OS/c1-12(6-3-2-4-6)8(13)7-5-14-9(10)11-7/h5-6H,2-4H2,1H3,(H2,10,11). The van der Waals surface area contributed by atoms with Crippen molar-refractivity contribution in [2.45, 2.75) is 25.3 Å². The molecular weight excluding hydrogens is 198 g/mol. The maximum absolute atomic E-state index is 11.8. The Morgan fingerprint density at radius 1 is 1.71 bits per heavy atom. The molecule has 14 heavy (non-hydrogen) atoms. The summed E-state index contributed by atoms with van der Waals surface area (Å²) < 4.78 is 0. The monoisotopic (exact) mass is 211 g/mol. The Kier molecular flexibility index (Phi) is 2.41. The highest BCUT2D eigenvalue weighted by molar-refractivity contribution is 7.13. The molecule has 5 heteroatoms. The number of aromatic nitrogens is 1. The van der Waals surface area contributed by atoms with Crippen molar-refractivity contribution in [1.29, 1.82) is 0 Å². The molecule has 1 heterocycles. The second-order valence-corrected chi connectivity index (χ2v) is 4.46. The highest BCUT2D eigenvalue weighted by Gasteiger charge is 2.27. The molecule has 1 aromatic rings. The second kappa shape index (κ2) is 3.57. The van der Waals surface area contributed by atoms with Crippen LogP contribution in [0, 0.1) is 0 Å². The average Bonchev–Trinajstić information content (AvgIpc) is 2.47. The Balaban J connectivity index is 2.07. The van der Waals surface area contributed by atoms with Gasteiger partial charge in [0.15, 0.2) is 5.13 Å². The number of hydrogen-bond acceptors (Lipinski definition) is 4. The fraction of sp³-hybridized carbons (Fsp3) is 0.556. The summed E-state index contributed by atoms with van der Waals surface area (Å²) in [6.45, 7) is 0. The van der Waals surface area contributed by atoms with E-state index in [1.54, 1.807) is 10.3 Å². The van der Waals surface area contributed by atoms with Crippen LogP contribution in [-0.4, -0.2) is 28.9 Å². The first-order valence-electron chi connectivity index (χ1n) is 4.66. The van der Waals surface area contributed by atoms with Gasteiger partial charge in [0.1, 0.15) is 5.69 Å². The summed E-state index contributed by atoms with van der Waals surface area (Å²) >= 11 is 1.31. The van der Waals surface area contributed by atoms with E-state index in [0.717, 1.165) is 12.8 Å². The van der Waals surface area contributed by atoms with Crippen molar-refractivity contribution in [3.8, 4) is 0 Å². The molecule has 0 aliphatic heterocycles. The fourth-order valence-electron chi connectivity index (χ4n) is 1.51. The van der Waals surface area contributed by atoms with Crippen molar-refractivity contribution >= 4 is 22.4 Å². The van der Waals surface area contributed by atoms with Crippen LogP contribution < -0.4 is 5.73 Å². The fourth-order valence-corrected chi connectivity index (χ4v) is 2.04. The average molecular weight is 211 g/mol. The Morgan fingerprint density at radius 2 is 2.43 bits per heavy atom. The SMILES string of the molecule is CN(C(=O)c1csc(N)n1)C1CCC1. The van der Waals surface area contributed by atoms with Crippen LogP contribution in [0.5, 0.6) is 0 Å². The van der Waals surface area contributed by atoms with Gasteiger partial charge in [-0.2, -0.15) is 0 Å². The summed E-state index contributed by atoms with van der Waals surface area (Å²) in [5, 5.41) is 2.17. The maximum Gasteiger partial charge on any atom is 0.273 e. The van der Waals surface area contributed by atoms with E-state index in [1.807, 2.05) is 7.05 Å². The van der Waals surface area contributed by atoms with E-state index in [1.165, 1.54) is 17.8 Å². The molecule has 1 aromatic heterocycles. The molecule has 1 fully saturated rings. The number of nitrogen functional groups attached to an aromatic ring is 1. The van der Waals surface area contributed by atoms with Gasteiger partial charge in [-0.1, -0.05) is 0 Å². The van der Waals surface area contributed by atoms with E-state index in [4.69, 9.17) is 5.73 Å². The summed E-state index contributed by atoms with van der Waals surface area (Å²) in [7, 11) is 1.84. The maximum atomic E-state index is 11.8. The molecule has 0 unspecified atom stereocenters. The molecule has 1 aliphatic rings. The molecule has 0 aromatic carbocycles. The van der Waals surface area contributed by atoms with Crippen LogP contribution in [0.3, 0.4) is 0 Å². The third kappa shape index (κ3) is 1.59. The smallest absolute Gasteiger partial charge is 0.273 e. The minimum Gasteiger partial charge on any atom is -0.375 e. The molecule has 76 valence electrons. The molecule has 0 saturated heterocycles. The molecule has 4 nitrogen and oxygen atoms in total. The second-order valence-electron chi connectivity index (χ2n) is 3.57. The van der Waals surface area contributed by atoms with Gasteiger partial charge in [-0.05, 0) is 19.3 Å². The predicted molar refractivity (Wildman–Crippen MR) is 56.3 cm³/mol. The van der Waals surface area contributed by atoms with Crippen molar-refractivity contribution < 1.29 is 4.79 Å². The molecule has 1 saturated carbocycles. The van der Waals surface area contributed by atoms with E-state index < -0.39 is 0 Å². The number of anilines is 1. The zero-order valence-corrected chi connectivity index (χ0v) is 8.88. The van der Waals surface area contributed by atoms with Gasteiger partial charge in [0.2, 0.25) is 0 Å². The van der Waals surface area contributed by atoms with Gasteiger partial charge in [-0.25, -0.2) is 4.98 Å². The third-order valence-electron chi connectivity index (χ3n) is 2.68. The first-order chi connectivity index (χ1) is 6.68. The van der Waals surface area contributed by atoms with Gasteiger partial charge < -0.3 is 10.6 Å². The quantitative estimate of drug-likeness (QED) is 0.803. The first kappa shape index (κ1) is 9.45. The third-order valence-corrected chi connectivity index (χ3v) is 3.36. The zero-order chi connectivity index (χ0) is 10.1. The molecular formula is C9H13N3OS. The lowest BCUT2D eigenvalue weighted by Crippen LogP contribution is -2.41. The highest BCUT2D eigenvalue weighted by Crippen LogP contribution is 2.25. The number of thiazole rings is 1. The largest absolute Gasteiger partial charge is 0.375 e. The lowest BCUT2D eigenvalue weighted by molar-refractivity contribution is 0.0647. The van der Waals surface area contributed by atoms with E-state index in [9.17, 15) is 4.79 Å². The first-order valence-corrected chi connectivity index (χ1v) is 5.54. The van der Waals surface area contributed by atoms with Gasteiger partial charge in [-0.3, -0.25) is 4.79 Å². The van der Waals surface area contributed by atoms with Crippen molar-refractivity contribution in [3.05, 3.63) is 11.1 Å². The van der Waals surface area contributed by atoms with Crippen LogP contribution in [0.2, 0.25) is 0 Å². The Labute approximate surface area is 86.7 Å². The van der Waals surface area contributed by atoms with Crippen LogP contribution in [-0.2, 0) is 0 Å². The van der Waals surface area contributed by atoms with Gasteiger partial charge in [-0.15, -0.1) is 11.3 Å². The summed E-state index contributed by atoms with van der Waals surface area (Å²) in [6.07, 6.45) is 3.45. The summed E-state index contributed by atoms with van der Waals surface area (Å²) in [5.41, 5.74) is 5.95. The zero-order valence-electron chi connectivity index (χ0n) is 8.06. The molecule has 0 spiro atoms. The lowest BCUT2D eigenvalue weighted by Gasteiger charge is -2.34. The van der Waals surface area contributed by atoms with Crippen molar-refractivity contribution in [2.75, 3.05) is 12.8 Å². The molecule has 2 N–H and O–H groups in total. The molecule has 1 amide bonds. The normalized spacial score (nSPS) is 16.4. The highest BCUT2D eigenvalue weighted by atomic mass is 32.1. The predicted octanol–water partition coefficient (Wildman–Crippen LogP) is 1.35. The molecule has 0 bridgehead atoms. The van der Waals surface area contributed by atoms with Crippen LogP contribution in [0.15, 0.2) is 5.38 Å². The molecule has 0 radical (unpaired) electrons. The number of carbonyl (C=O) groups excluding carboxylic acids is 1. The Hall–Kier alpha value is -1.10. The van der Waals surface area contributed by atoms with E-state index in [-0.39, 0.29) is 5.91 Å². The van der Waals surface area contributed by atoms with Gasteiger partial charge in [0.05, 0.1) is 0 Å². The van der Waals surface area contributed by atoms with Gasteiger partial charge in [0.25, 0.3) is 5.91 Å². The Bertz CT molecular complexity index is 346. The molecule has 0 atom stereocenters. The minimum atomic E-state index is -0.0114. The van der Waals surface area contributed by atoms with Gasteiger partial charge in [0, 0.05) is 18.5 Å². The van der Waals surface area contributed by atoms with Crippen LogP contribution in [0.25, 0.3) is 0 Å². The number of nitrogens with two attached hydrogens (primary N) is 1. The number of nitrogens with zero attached hydrogens (tertiary/aromatic N) is 2. The van der Waals surface area contributed by atoms with Crippen LogP contribution >= 0.6 is 11.3 Å². The topological polar surface area (TPSA) is 59.2 Å². The number of rotatable bonds is 2. The van der Waals surface area contributed by atoms with Crippen molar-refractivity contribution in [3.63, 3.8) is 0 Å².